The zero-order valence-electron chi connectivity index (χ0n) is 15.1. The molecule has 0 atom stereocenters. The summed E-state index contributed by atoms with van der Waals surface area (Å²) in [6.07, 6.45) is 0.846. The molecular weight excluding hydrogens is 395 g/mol. The number of ether oxygens (including phenoxy) is 1. The number of amides is 1. The van der Waals surface area contributed by atoms with Crippen LogP contribution in [0.1, 0.15) is 5.56 Å². The fourth-order valence-electron chi connectivity index (χ4n) is 2.61. The quantitative estimate of drug-likeness (QED) is 0.499. The fraction of sp³-hybridized carbons (Fsp3) is 0.136. The summed E-state index contributed by atoms with van der Waals surface area (Å²) in [7, 11) is 0. The van der Waals surface area contributed by atoms with E-state index >= 15 is 0 Å². The number of rotatable bonds is 8. The molecule has 0 heterocycles. The number of anilines is 2. The molecule has 0 unspecified atom stereocenters. The first kappa shape index (κ1) is 20.1. The van der Waals surface area contributed by atoms with Gasteiger partial charge in [0.15, 0.2) is 0 Å². The topological polar surface area (TPSA) is 50.4 Å². The summed E-state index contributed by atoms with van der Waals surface area (Å²) in [5, 5.41) is 6.85. The third-order valence-electron chi connectivity index (χ3n) is 3.96. The lowest BCUT2D eigenvalue weighted by atomic mass is 10.2. The predicted octanol–water partition coefficient (Wildman–Crippen LogP) is 5.67. The van der Waals surface area contributed by atoms with Crippen molar-refractivity contribution in [2.24, 2.45) is 0 Å². The molecule has 0 spiro atoms. The molecular formula is C22H20Cl2N2O2. The minimum Gasteiger partial charge on any atom is -0.493 e. The molecule has 0 aromatic heterocycles. The SMILES string of the molecule is O=C(CNc1cc(Cl)cc(Cl)c1)Nc1ccc(OCCc2ccccc2)cc1. The summed E-state index contributed by atoms with van der Waals surface area (Å²) >= 11 is 11.9. The largest absolute Gasteiger partial charge is 0.493 e. The maximum atomic E-state index is 12.1. The second-order valence-corrected chi connectivity index (χ2v) is 7.04. The van der Waals surface area contributed by atoms with Gasteiger partial charge >= 0.3 is 0 Å². The zero-order valence-corrected chi connectivity index (χ0v) is 16.6. The van der Waals surface area contributed by atoms with E-state index in [1.54, 1.807) is 18.2 Å². The van der Waals surface area contributed by atoms with Gasteiger partial charge in [-0.05, 0) is 48.0 Å². The van der Waals surface area contributed by atoms with Crippen molar-refractivity contribution in [3.63, 3.8) is 0 Å². The number of carbonyl (C=O) groups excluding carboxylic acids is 1. The van der Waals surface area contributed by atoms with E-state index in [1.807, 2.05) is 42.5 Å². The Labute approximate surface area is 174 Å². The van der Waals surface area contributed by atoms with Crippen molar-refractivity contribution in [3.8, 4) is 5.75 Å². The van der Waals surface area contributed by atoms with Crippen LogP contribution in [0.15, 0.2) is 72.8 Å². The molecule has 0 saturated carbocycles. The van der Waals surface area contributed by atoms with Crippen molar-refractivity contribution in [3.05, 3.63) is 88.4 Å². The van der Waals surface area contributed by atoms with Crippen LogP contribution in [-0.4, -0.2) is 19.1 Å². The van der Waals surface area contributed by atoms with Gasteiger partial charge in [-0.1, -0.05) is 53.5 Å². The first-order chi connectivity index (χ1) is 13.6. The molecule has 0 fully saturated rings. The van der Waals surface area contributed by atoms with Crippen LogP contribution in [-0.2, 0) is 11.2 Å². The smallest absolute Gasteiger partial charge is 0.243 e. The van der Waals surface area contributed by atoms with Crippen LogP contribution in [0.4, 0.5) is 11.4 Å². The van der Waals surface area contributed by atoms with Crippen molar-refractivity contribution in [2.75, 3.05) is 23.8 Å². The monoisotopic (exact) mass is 414 g/mol. The molecule has 0 aliphatic rings. The van der Waals surface area contributed by atoms with Crippen LogP contribution in [0.25, 0.3) is 0 Å². The molecule has 0 saturated heterocycles. The standard InChI is InChI=1S/C22H20Cl2N2O2/c23-17-12-18(24)14-20(13-17)25-15-22(27)26-19-6-8-21(9-7-19)28-11-10-16-4-2-1-3-5-16/h1-9,12-14,25H,10-11,15H2,(H,26,27). The van der Waals surface area contributed by atoms with Crippen LogP contribution in [0.5, 0.6) is 5.75 Å². The lowest BCUT2D eigenvalue weighted by molar-refractivity contribution is -0.114. The highest BCUT2D eigenvalue weighted by molar-refractivity contribution is 6.35. The van der Waals surface area contributed by atoms with Gasteiger partial charge < -0.3 is 15.4 Å². The molecule has 3 aromatic rings. The lowest BCUT2D eigenvalue weighted by Gasteiger charge is -2.10. The Kier molecular flexibility index (Phi) is 7.18. The molecule has 0 aliphatic carbocycles. The Balaban J connectivity index is 1.43. The van der Waals surface area contributed by atoms with Crippen LogP contribution >= 0.6 is 23.2 Å². The van der Waals surface area contributed by atoms with Gasteiger partial charge in [0, 0.05) is 27.8 Å². The molecule has 3 aromatic carbocycles. The van der Waals surface area contributed by atoms with Gasteiger partial charge in [-0.2, -0.15) is 0 Å². The van der Waals surface area contributed by atoms with Crippen LogP contribution in [0, 0.1) is 0 Å². The summed E-state index contributed by atoms with van der Waals surface area (Å²) in [6.45, 7) is 0.702. The zero-order chi connectivity index (χ0) is 19.8. The first-order valence-electron chi connectivity index (χ1n) is 8.85. The summed E-state index contributed by atoms with van der Waals surface area (Å²) < 4.78 is 5.75. The lowest BCUT2D eigenvalue weighted by Crippen LogP contribution is -2.21. The molecule has 3 rings (SSSR count). The van der Waals surface area contributed by atoms with E-state index in [2.05, 4.69) is 22.8 Å². The third-order valence-corrected chi connectivity index (χ3v) is 4.39. The van der Waals surface area contributed by atoms with Crippen LogP contribution < -0.4 is 15.4 Å². The number of halogens is 2. The molecule has 4 nitrogen and oxygen atoms in total. The van der Waals surface area contributed by atoms with Gasteiger partial charge in [0.2, 0.25) is 5.91 Å². The molecule has 0 bridgehead atoms. The van der Waals surface area contributed by atoms with E-state index in [9.17, 15) is 4.79 Å². The number of nitrogens with one attached hydrogen (secondary N) is 2. The Morgan fingerprint density at radius 2 is 1.54 bits per heavy atom. The molecule has 144 valence electrons. The number of hydrogen-bond acceptors (Lipinski definition) is 3. The average Bonchev–Trinajstić information content (AvgIpc) is 2.68. The molecule has 28 heavy (non-hydrogen) atoms. The Morgan fingerprint density at radius 3 is 2.21 bits per heavy atom. The normalized spacial score (nSPS) is 10.4. The van der Waals surface area contributed by atoms with Crippen molar-refractivity contribution < 1.29 is 9.53 Å². The molecule has 6 heteroatoms. The van der Waals surface area contributed by atoms with Crippen molar-refractivity contribution in [1.82, 2.24) is 0 Å². The molecule has 0 radical (unpaired) electrons. The summed E-state index contributed by atoms with van der Waals surface area (Å²) in [5.41, 5.74) is 2.63. The highest BCUT2D eigenvalue weighted by Crippen LogP contribution is 2.22. The van der Waals surface area contributed by atoms with Gasteiger partial charge in [-0.3, -0.25) is 4.79 Å². The van der Waals surface area contributed by atoms with Gasteiger partial charge in [-0.25, -0.2) is 0 Å². The molecule has 0 aliphatic heterocycles. The minimum atomic E-state index is -0.172. The Morgan fingerprint density at radius 1 is 0.857 bits per heavy atom. The molecule has 1 amide bonds. The number of benzene rings is 3. The second kappa shape index (κ2) is 10.0. The summed E-state index contributed by atoms with van der Waals surface area (Å²) in [5.74, 6) is 0.592. The van der Waals surface area contributed by atoms with E-state index < -0.39 is 0 Å². The minimum absolute atomic E-state index is 0.103. The van der Waals surface area contributed by atoms with Gasteiger partial charge in [-0.15, -0.1) is 0 Å². The van der Waals surface area contributed by atoms with Crippen molar-refractivity contribution in [2.45, 2.75) is 6.42 Å². The maximum Gasteiger partial charge on any atom is 0.243 e. The second-order valence-electron chi connectivity index (χ2n) is 6.17. The van der Waals surface area contributed by atoms with Crippen LogP contribution in [0.3, 0.4) is 0 Å². The summed E-state index contributed by atoms with van der Waals surface area (Å²) in [6, 6.07) is 22.5. The van der Waals surface area contributed by atoms with E-state index in [-0.39, 0.29) is 12.5 Å². The van der Waals surface area contributed by atoms with Crippen LogP contribution in [0.2, 0.25) is 10.0 Å². The van der Waals surface area contributed by atoms with Gasteiger partial charge in [0.25, 0.3) is 0 Å². The number of hydrogen-bond donors (Lipinski definition) is 2. The van der Waals surface area contributed by atoms with E-state index in [1.165, 1.54) is 5.56 Å². The van der Waals surface area contributed by atoms with Gasteiger partial charge in [0.1, 0.15) is 5.75 Å². The Hall–Kier alpha value is -2.69. The van der Waals surface area contributed by atoms with E-state index in [4.69, 9.17) is 27.9 Å². The highest BCUT2D eigenvalue weighted by Gasteiger charge is 2.04. The van der Waals surface area contributed by atoms with E-state index in [0.29, 0.717) is 28.0 Å². The number of carbonyl (C=O) groups is 1. The Bertz CT molecular complexity index is 895. The van der Waals surface area contributed by atoms with Crippen molar-refractivity contribution in [1.29, 1.82) is 0 Å². The highest BCUT2D eigenvalue weighted by atomic mass is 35.5. The first-order valence-corrected chi connectivity index (χ1v) is 9.61. The average molecular weight is 415 g/mol. The maximum absolute atomic E-state index is 12.1. The van der Waals surface area contributed by atoms with Gasteiger partial charge in [0.05, 0.1) is 13.2 Å². The summed E-state index contributed by atoms with van der Waals surface area (Å²) in [4.78, 5) is 12.1. The van der Waals surface area contributed by atoms with Crippen molar-refractivity contribution >= 4 is 40.5 Å². The van der Waals surface area contributed by atoms with E-state index in [0.717, 1.165) is 12.2 Å². The molecule has 2 N–H and O–H groups in total. The third kappa shape index (κ3) is 6.48. The predicted molar refractivity (Wildman–Crippen MR) is 116 cm³/mol. The fourth-order valence-corrected chi connectivity index (χ4v) is 3.14.